The zero-order valence-corrected chi connectivity index (χ0v) is 13.7. The van der Waals surface area contributed by atoms with Crippen LogP contribution in [0.15, 0.2) is 46.9 Å². The van der Waals surface area contributed by atoms with Crippen molar-refractivity contribution < 1.29 is 9.18 Å². The number of halogens is 3. The van der Waals surface area contributed by atoms with Crippen molar-refractivity contribution in [2.24, 2.45) is 0 Å². The number of carbonyl (C=O) groups excluding carboxylic acids is 1. The minimum absolute atomic E-state index is 0.107. The van der Waals surface area contributed by atoms with Gasteiger partial charge < -0.3 is 5.32 Å². The molecule has 110 valence electrons. The summed E-state index contributed by atoms with van der Waals surface area (Å²) in [5, 5.41) is 3.51. The van der Waals surface area contributed by atoms with E-state index in [1.165, 1.54) is 12.1 Å². The fraction of sp³-hybridized carbons (Fsp3) is 0.188. The second-order valence-corrected chi connectivity index (χ2v) is 6.06. The zero-order chi connectivity index (χ0) is 15.4. The predicted octanol–water partition coefficient (Wildman–Crippen LogP) is 4.60. The van der Waals surface area contributed by atoms with E-state index in [-0.39, 0.29) is 11.9 Å². The van der Waals surface area contributed by atoms with Gasteiger partial charge in [-0.2, -0.15) is 0 Å². The molecule has 1 unspecified atom stereocenters. The van der Waals surface area contributed by atoms with Gasteiger partial charge in [-0.05, 0) is 59.1 Å². The Labute approximate surface area is 136 Å². The summed E-state index contributed by atoms with van der Waals surface area (Å²) in [5.74, 6) is -0.762. The summed E-state index contributed by atoms with van der Waals surface area (Å²) in [5.41, 5.74) is 1.26. The number of hydrogen-bond acceptors (Lipinski definition) is 1. The normalized spacial score (nSPS) is 12.0. The molecule has 0 heterocycles. The quantitative estimate of drug-likeness (QED) is 0.837. The molecule has 0 aromatic heterocycles. The van der Waals surface area contributed by atoms with Crippen LogP contribution in [0.4, 0.5) is 4.39 Å². The van der Waals surface area contributed by atoms with Crippen LogP contribution in [0, 0.1) is 5.82 Å². The van der Waals surface area contributed by atoms with Gasteiger partial charge in [0.25, 0.3) is 5.91 Å². The van der Waals surface area contributed by atoms with Gasteiger partial charge in [0.1, 0.15) is 5.82 Å². The molecule has 0 aliphatic rings. The smallest absolute Gasteiger partial charge is 0.251 e. The average Bonchev–Trinajstić information content (AvgIpc) is 2.44. The number of benzene rings is 2. The van der Waals surface area contributed by atoms with Gasteiger partial charge in [-0.25, -0.2) is 4.39 Å². The van der Waals surface area contributed by atoms with Crippen LogP contribution < -0.4 is 5.32 Å². The summed E-state index contributed by atoms with van der Waals surface area (Å²) in [6.07, 6.45) is 0.615. The summed E-state index contributed by atoms with van der Waals surface area (Å²) in [6.45, 7) is 1.89. The highest BCUT2D eigenvalue weighted by Gasteiger charge is 2.13. The monoisotopic (exact) mass is 369 g/mol. The molecule has 2 aromatic carbocycles. The molecule has 1 N–H and O–H groups in total. The average molecular weight is 371 g/mol. The van der Waals surface area contributed by atoms with Gasteiger partial charge in [0, 0.05) is 16.6 Å². The maximum atomic E-state index is 13.4. The van der Waals surface area contributed by atoms with E-state index in [1.54, 1.807) is 6.07 Å². The van der Waals surface area contributed by atoms with Crippen LogP contribution >= 0.6 is 27.5 Å². The first-order valence-electron chi connectivity index (χ1n) is 6.46. The first kappa shape index (κ1) is 16.0. The van der Waals surface area contributed by atoms with Crippen LogP contribution in [-0.2, 0) is 6.42 Å². The summed E-state index contributed by atoms with van der Waals surface area (Å²) in [7, 11) is 0. The Morgan fingerprint density at radius 2 is 2.05 bits per heavy atom. The number of carbonyl (C=O) groups is 1. The van der Waals surface area contributed by atoms with Crippen molar-refractivity contribution in [3.05, 3.63) is 68.9 Å². The molecule has 21 heavy (non-hydrogen) atoms. The van der Waals surface area contributed by atoms with Gasteiger partial charge in [-0.3, -0.25) is 4.79 Å². The van der Waals surface area contributed by atoms with Gasteiger partial charge in [0.15, 0.2) is 0 Å². The van der Waals surface area contributed by atoms with Gasteiger partial charge in [0.05, 0.1) is 4.47 Å². The Morgan fingerprint density at radius 1 is 1.33 bits per heavy atom. The molecule has 0 aliphatic heterocycles. The van der Waals surface area contributed by atoms with E-state index in [0.717, 1.165) is 5.56 Å². The summed E-state index contributed by atoms with van der Waals surface area (Å²) in [6, 6.07) is 11.7. The molecule has 0 radical (unpaired) electrons. The Morgan fingerprint density at radius 3 is 2.71 bits per heavy atom. The summed E-state index contributed by atoms with van der Waals surface area (Å²) >= 11 is 9.15. The van der Waals surface area contributed by atoms with Crippen molar-refractivity contribution in [3.8, 4) is 0 Å². The van der Waals surface area contributed by atoms with E-state index in [2.05, 4.69) is 21.2 Å². The van der Waals surface area contributed by atoms with Crippen LogP contribution in [0.25, 0.3) is 0 Å². The van der Waals surface area contributed by atoms with Crippen LogP contribution in [0.3, 0.4) is 0 Å². The lowest BCUT2D eigenvalue weighted by atomic mass is 10.1. The highest BCUT2D eigenvalue weighted by atomic mass is 79.9. The Hall–Kier alpha value is -1.39. The SMILES string of the molecule is CC(Cc1ccccc1Cl)NC(=O)c1ccc(Br)c(F)c1. The van der Waals surface area contributed by atoms with Crippen molar-refractivity contribution in [2.75, 3.05) is 0 Å². The van der Waals surface area contributed by atoms with Crippen LogP contribution in [0.1, 0.15) is 22.8 Å². The molecule has 0 bridgehead atoms. The predicted molar refractivity (Wildman–Crippen MR) is 86.2 cm³/mol. The second-order valence-electron chi connectivity index (χ2n) is 4.80. The molecule has 0 saturated carbocycles. The second kappa shape index (κ2) is 7.05. The fourth-order valence-electron chi connectivity index (χ4n) is 1.99. The van der Waals surface area contributed by atoms with Gasteiger partial charge in [-0.1, -0.05) is 29.8 Å². The van der Waals surface area contributed by atoms with Gasteiger partial charge >= 0.3 is 0 Å². The standard InChI is InChI=1S/C16H14BrClFNO/c1-10(8-11-4-2-3-5-14(11)18)20-16(21)12-6-7-13(17)15(19)9-12/h2-7,9-10H,8H2,1H3,(H,20,21). The largest absolute Gasteiger partial charge is 0.349 e. The number of hydrogen-bond donors (Lipinski definition) is 1. The van der Waals surface area contributed by atoms with Crippen molar-refractivity contribution in [2.45, 2.75) is 19.4 Å². The summed E-state index contributed by atoms with van der Waals surface area (Å²) < 4.78 is 13.8. The van der Waals surface area contributed by atoms with E-state index in [4.69, 9.17) is 11.6 Å². The topological polar surface area (TPSA) is 29.1 Å². The molecular formula is C16H14BrClFNO. The highest BCUT2D eigenvalue weighted by molar-refractivity contribution is 9.10. The molecule has 1 atom stereocenters. The molecule has 0 spiro atoms. The van der Waals surface area contributed by atoms with Crippen molar-refractivity contribution in [1.82, 2.24) is 5.32 Å². The third-order valence-electron chi connectivity index (χ3n) is 3.04. The van der Waals surface area contributed by atoms with Crippen LogP contribution in [-0.4, -0.2) is 11.9 Å². The van der Waals surface area contributed by atoms with Crippen molar-refractivity contribution in [1.29, 1.82) is 0 Å². The molecule has 2 nitrogen and oxygen atoms in total. The molecule has 0 aliphatic carbocycles. The van der Waals surface area contributed by atoms with E-state index in [0.29, 0.717) is 21.5 Å². The third-order valence-corrected chi connectivity index (χ3v) is 4.06. The lowest BCUT2D eigenvalue weighted by molar-refractivity contribution is 0.0939. The molecule has 2 aromatic rings. The lowest BCUT2D eigenvalue weighted by Gasteiger charge is -2.15. The van der Waals surface area contributed by atoms with E-state index in [9.17, 15) is 9.18 Å². The zero-order valence-electron chi connectivity index (χ0n) is 11.4. The molecule has 1 amide bonds. The van der Waals surface area contributed by atoms with E-state index < -0.39 is 5.82 Å². The van der Waals surface area contributed by atoms with Crippen molar-refractivity contribution in [3.63, 3.8) is 0 Å². The fourth-order valence-corrected chi connectivity index (χ4v) is 2.45. The summed E-state index contributed by atoms with van der Waals surface area (Å²) in [4.78, 5) is 12.1. The number of nitrogens with one attached hydrogen (secondary N) is 1. The molecule has 5 heteroatoms. The Kier molecular flexibility index (Phi) is 5.37. The molecule has 0 saturated heterocycles. The van der Waals surface area contributed by atoms with Crippen LogP contribution in [0.2, 0.25) is 5.02 Å². The van der Waals surface area contributed by atoms with E-state index >= 15 is 0 Å². The maximum Gasteiger partial charge on any atom is 0.251 e. The van der Waals surface area contributed by atoms with E-state index in [1.807, 2.05) is 31.2 Å². The maximum absolute atomic E-state index is 13.4. The number of amides is 1. The first-order chi connectivity index (χ1) is 9.97. The van der Waals surface area contributed by atoms with Gasteiger partial charge in [-0.15, -0.1) is 0 Å². The van der Waals surface area contributed by atoms with Crippen LogP contribution in [0.5, 0.6) is 0 Å². The van der Waals surface area contributed by atoms with Crippen molar-refractivity contribution >= 4 is 33.4 Å². The molecular weight excluding hydrogens is 357 g/mol. The van der Waals surface area contributed by atoms with Gasteiger partial charge in [0.2, 0.25) is 0 Å². The number of rotatable bonds is 4. The minimum atomic E-state index is -0.457. The molecule has 0 fully saturated rings. The first-order valence-corrected chi connectivity index (χ1v) is 7.64. The molecule has 2 rings (SSSR count). The third kappa shape index (κ3) is 4.29. The minimum Gasteiger partial charge on any atom is -0.349 e. The Balaban J connectivity index is 2.02. The highest BCUT2D eigenvalue weighted by Crippen LogP contribution is 2.18. The lowest BCUT2D eigenvalue weighted by Crippen LogP contribution is -2.34. The Bertz CT molecular complexity index is 662.